The van der Waals surface area contributed by atoms with E-state index in [1.54, 1.807) is 25.3 Å². The Balaban J connectivity index is 1.42. The minimum atomic E-state index is -0.827. The average Bonchev–Trinajstić information content (AvgIpc) is 3.16. The van der Waals surface area contributed by atoms with Crippen molar-refractivity contribution >= 4 is 17.8 Å². The second kappa shape index (κ2) is 9.07. The van der Waals surface area contributed by atoms with Gasteiger partial charge in [-0.1, -0.05) is 23.7 Å². The molecule has 164 valence electrons. The maximum atomic E-state index is 12.4. The predicted molar refractivity (Wildman–Crippen MR) is 108 cm³/mol. The van der Waals surface area contributed by atoms with Crippen LogP contribution in [0.2, 0.25) is 5.02 Å². The number of aryl methyl sites for hydroxylation is 1. The lowest BCUT2D eigenvalue weighted by Gasteiger charge is -2.26. The van der Waals surface area contributed by atoms with Crippen molar-refractivity contribution in [1.82, 2.24) is 4.98 Å². The van der Waals surface area contributed by atoms with Crippen molar-refractivity contribution in [3.63, 3.8) is 0 Å². The van der Waals surface area contributed by atoms with Crippen LogP contribution in [0.4, 0.5) is 4.79 Å². The lowest BCUT2D eigenvalue weighted by Crippen LogP contribution is -2.30. The van der Waals surface area contributed by atoms with Gasteiger partial charge in [-0.3, -0.25) is 4.98 Å². The molecule has 2 aliphatic rings. The lowest BCUT2D eigenvalue weighted by atomic mass is 9.95. The van der Waals surface area contributed by atoms with Gasteiger partial charge in [-0.15, -0.1) is 10.1 Å². The van der Waals surface area contributed by atoms with Crippen molar-refractivity contribution in [2.45, 2.75) is 57.5 Å². The number of benzene rings is 1. The summed E-state index contributed by atoms with van der Waals surface area (Å²) in [5.74, 6) is 0.337. The van der Waals surface area contributed by atoms with Gasteiger partial charge in [0.15, 0.2) is 5.75 Å². The minimum absolute atomic E-state index is 0.276. The molecule has 9 nitrogen and oxygen atoms in total. The molecule has 1 aromatic heterocycles. The number of fused-ring (bicyclic) bond motifs is 1. The van der Waals surface area contributed by atoms with Gasteiger partial charge in [-0.25, -0.2) is 4.79 Å². The summed E-state index contributed by atoms with van der Waals surface area (Å²) in [7, 11) is 0. The van der Waals surface area contributed by atoms with E-state index in [-0.39, 0.29) is 18.8 Å². The van der Waals surface area contributed by atoms with Gasteiger partial charge in [0.1, 0.15) is 18.3 Å². The zero-order valence-corrected chi connectivity index (χ0v) is 17.5. The molecular formula is C21H21ClN2O7. The molecule has 0 unspecified atom stereocenters. The van der Waals surface area contributed by atoms with Gasteiger partial charge in [0, 0.05) is 22.3 Å². The molecule has 2 heterocycles. The van der Waals surface area contributed by atoms with E-state index in [4.69, 9.17) is 25.8 Å². The Labute approximate surface area is 183 Å². The highest BCUT2D eigenvalue weighted by atomic mass is 35.5. The molecule has 0 amide bonds. The number of nitrogens with zero attached hydrogens (tertiary/aromatic N) is 2. The Hall–Kier alpha value is -2.91. The molecule has 31 heavy (non-hydrogen) atoms. The zero-order chi connectivity index (χ0) is 22.0. The average molecular weight is 449 g/mol. The Morgan fingerprint density at radius 1 is 1.19 bits per heavy atom. The molecule has 0 bridgehead atoms. The van der Waals surface area contributed by atoms with Crippen LogP contribution in [-0.2, 0) is 20.9 Å². The molecule has 0 radical (unpaired) electrons. The van der Waals surface area contributed by atoms with E-state index in [9.17, 15) is 14.9 Å². The summed E-state index contributed by atoms with van der Waals surface area (Å²) < 4.78 is 16.9. The lowest BCUT2D eigenvalue weighted by molar-refractivity contribution is -0.769. The third-order valence-electron chi connectivity index (χ3n) is 5.50. The fraction of sp³-hybridized carbons (Fsp3) is 0.429. The topological polar surface area (TPSA) is 110 Å². The van der Waals surface area contributed by atoms with E-state index in [0.29, 0.717) is 42.1 Å². The fourth-order valence-electron chi connectivity index (χ4n) is 3.95. The highest BCUT2D eigenvalue weighted by Crippen LogP contribution is 2.41. The number of rotatable bonds is 5. The number of ether oxygens (including phenoxy) is 3. The number of hydrogen-bond donors (Lipinski definition) is 0. The summed E-state index contributed by atoms with van der Waals surface area (Å²) in [5.41, 5.74) is 3.07. The molecule has 1 fully saturated rings. The summed E-state index contributed by atoms with van der Waals surface area (Å²) in [5, 5.41) is 10.3. The molecule has 4 rings (SSSR count). The minimum Gasteiger partial charge on any atom is -0.431 e. The summed E-state index contributed by atoms with van der Waals surface area (Å²) in [4.78, 5) is 31.8. The summed E-state index contributed by atoms with van der Waals surface area (Å²) in [6, 6.07) is 7.35. The highest BCUT2D eigenvalue weighted by molar-refractivity contribution is 6.30. The van der Waals surface area contributed by atoms with E-state index < -0.39 is 17.3 Å². The Morgan fingerprint density at radius 2 is 1.87 bits per heavy atom. The molecule has 1 aromatic carbocycles. The summed E-state index contributed by atoms with van der Waals surface area (Å²) >= 11 is 5.97. The largest absolute Gasteiger partial charge is 0.514 e. The van der Waals surface area contributed by atoms with Gasteiger partial charge >= 0.3 is 6.16 Å². The van der Waals surface area contributed by atoms with Gasteiger partial charge in [-0.2, -0.15) is 0 Å². The van der Waals surface area contributed by atoms with Crippen molar-refractivity contribution in [2.75, 3.05) is 0 Å². The first kappa shape index (κ1) is 21.3. The first-order valence-corrected chi connectivity index (χ1v) is 10.3. The van der Waals surface area contributed by atoms with Crippen LogP contribution < -0.4 is 4.74 Å². The Morgan fingerprint density at radius 3 is 2.55 bits per heavy atom. The highest BCUT2D eigenvalue weighted by Gasteiger charge is 2.31. The molecule has 0 spiro atoms. The van der Waals surface area contributed by atoms with Gasteiger partial charge < -0.3 is 19.0 Å². The first-order valence-electron chi connectivity index (χ1n) is 9.95. The number of carbonyl (C=O) groups excluding carboxylic acids is 1. The van der Waals surface area contributed by atoms with Crippen LogP contribution >= 0.6 is 11.6 Å². The molecule has 10 heteroatoms. The zero-order valence-electron chi connectivity index (χ0n) is 16.8. The second-order valence-electron chi connectivity index (χ2n) is 7.55. The standard InChI is InChI=1S/C21H21ClN2O7/c1-12-19(30-21(25)29-15-6-8-16(9-7-15)31-24(26)27)18-11-28-20(17(18)10-23-12)13-2-4-14(22)5-3-13/h2-5,10,15-16,20H,6-9,11H2,1H3/t15?,16?,20-/m0/s1. The smallest absolute Gasteiger partial charge is 0.431 e. The molecule has 1 atom stereocenters. The number of pyridine rings is 1. The third kappa shape index (κ3) is 4.88. The van der Waals surface area contributed by atoms with E-state index in [2.05, 4.69) is 9.82 Å². The molecule has 1 aliphatic heterocycles. The van der Waals surface area contributed by atoms with E-state index >= 15 is 0 Å². The van der Waals surface area contributed by atoms with Crippen LogP contribution in [0.15, 0.2) is 30.5 Å². The number of aromatic nitrogens is 1. The molecule has 2 aromatic rings. The van der Waals surface area contributed by atoms with E-state index in [1.165, 1.54) is 0 Å². The number of carbonyl (C=O) groups is 1. The fourth-order valence-corrected chi connectivity index (χ4v) is 4.08. The van der Waals surface area contributed by atoms with Crippen LogP contribution in [0.3, 0.4) is 0 Å². The van der Waals surface area contributed by atoms with Gasteiger partial charge in [0.05, 0.1) is 12.3 Å². The van der Waals surface area contributed by atoms with Crippen molar-refractivity contribution in [1.29, 1.82) is 0 Å². The quantitative estimate of drug-likeness (QED) is 0.367. The van der Waals surface area contributed by atoms with Crippen molar-refractivity contribution in [3.8, 4) is 5.75 Å². The van der Waals surface area contributed by atoms with Crippen molar-refractivity contribution in [2.24, 2.45) is 0 Å². The Bertz CT molecular complexity index is 974. The van der Waals surface area contributed by atoms with Crippen molar-refractivity contribution < 1.29 is 28.9 Å². The van der Waals surface area contributed by atoms with Crippen LogP contribution in [0.5, 0.6) is 5.75 Å². The Kier molecular flexibility index (Phi) is 6.24. The predicted octanol–water partition coefficient (Wildman–Crippen LogP) is 4.70. The maximum Gasteiger partial charge on any atom is 0.514 e. The third-order valence-corrected chi connectivity index (χ3v) is 5.75. The van der Waals surface area contributed by atoms with Crippen LogP contribution in [0.1, 0.15) is 54.2 Å². The van der Waals surface area contributed by atoms with Crippen LogP contribution in [-0.4, -0.2) is 28.4 Å². The monoisotopic (exact) mass is 448 g/mol. The summed E-state index contributed by atoms with van der Waals surface area (Å²) in [6.07, 6.45) is 1.57. The van der Waals surface area contributed by atoms with Gasteiger partial charge in [0.25, 0.3) is 5.09 Å². The number of hydrogen-bond acceptors (Lipinski definition) is 8. The molecule has 0 saturated heterocycles. The first-order chi connectivity index (χ1) is 14.9. The van der Waals surface area contributed by atoms with Gasteiger partial charge in [-0.05, 0) is 50.3 Å². The molecular weight excluding hydrogens is 428 g/mol. The summed E-state index contributed by atoms with van der Waals surface area (Å²) in [6.45, 7) is 2.02. The SMILES string of the molecule is Cc1ncc2c(c1OC(=O)OC1CCC(O[N+](=O)[O-])CC1)CO[C@H]2c1ccc(Cl)cc1. The number of halogens is 1. The normalized spacial score (nSPS) is 22.5. The van der Waals surface area contributed by atoms with Crippen molar-refractivity contribution in [3.05, 3.63) is 68.0 Å². The molecule has 0 N–H and O–H groups in total. The maximum absolute atomic E-state index is 12.4. The van der Waals surface area contributed by atoms with Crippen LogP contribution in [0, 0.1) is 17.0 Å². The van der Waals surface area contributed by atoms with E-state index in [0.717, 1.165) is 16.7 Å². The van der Waals surface area contributed by atoms with Gasteiger partial charge in [0.2, 0.25) is 0 Å². The molecule has 1 aliphatic carbocycles. The molecule has 1 saturated carbocycles. The second-order valence-corrected chi connectivity index (χ2v) is 7.98. The van der Waals surface area contributed by atoms with E-state index in [1.807, 2.05) is 12.1 Å². The van der Waals surface area contributed by atoms with Crippen LogP contribution in [0.25, 0.3) is 0 Å².